The summed E-state index contributed by atoms with van der Waals surface area (Å²) in [5, 5.41) is 2.64. The second kappa shape index (κ2) is 7.54. The fraction of sp³-hybridized carbons (Fsp3) is 0.0588. The van der Waals surface area contributed by atoms with Crippen molar-refractivity contribution in [1.82, 2.24) is 4.98 Å². The first-order chi connectivity index (χ1) is 12.4. The SMILES string of the molecule is NC(=O)c1cc(NC(=O)CSc2nc3ccccc3s2)cc(C(N)=O)c1. The molecular weight excluding hydrogens is 372 g/mol. The molecule has 3 rings (SSSR count). The Labute approximate surface area is 156 Å². The van der Waals surface area contributed by atoms with Gasteiger partial charge in [0.2, 0.25) is 17.7 Å². The molecule has 0 saturated heterocycles. The number of nitrogens with one attached hydrogen (secondary N) is 1. The summed E-state index contributed by atoms with van der Waals surface area (Å²) in [5.74, 6) is -1.60. The summed E-state index contributed by atoms with van der Waals surface area (Å²) in [7, 11) is 0. The first kappa shape index (κ1) is 17.9. The van der Waals surface area contributed by atoms with Gasteiger partial charge in [-0.3, -0.25) is 14.4 Å². The highest BCUT2D eigenvalue weighted by Gasteiger charge is 2.12. The quantitative estimate of drug-likeness (QED) is 0.560. The third-order valence-electron chi connectivity index (χ3n) is 3.39. The Morgan fingerprint density at radius 2 is 1.69 bits per heavy atom. The number of fused-ring (bicyclic) bond motifs is 1. The number of primary amides is 2. The van der Waals surface area contributed by atoms with Crippen molar-refractivity contribution in [2.75, 3.05) is 11.1 Å². The van der Waals surface area contributed by atoms with E-state index in [1.165, 1.54) is 41.3 Å². The molecule has 1 heterocycles. The number of para-hydroxylation sites is 1. The molecule has 0 saturated carbocycles. The van der Waals surface area contributed by atoms with Gasteiger partial charge in [0.1, 0.15) is 0 Å². The number of anilines is 1. The molecule has 5 N–H and O–H groups in total. The van der Waals surface area contributed by atoms with Crippen molar-refractivity contribution >= 4 is 56.7 Å². The highest BCUT2D eigenvalue weighted by molar-refractivity contribution is 8.01. The van der Waals surface area contributed by atoms with E-state index in [9.17, 15) is 14.4 Å². The third kappa shape index (κ3) is 4.19. The number of hydrogen-bond donors (Lipinski definition) is 3. The second-order valence-corrected chi connectivity index (χ2v) is 7.57. The molecule has 0 aliphatic heterocycles. The largest absolute Gasteiger partial charge is 0.366 e. The van der Waals surface area contributed by atoms with Crippen LogP contribution in [0.1, 0.15) is 20.7 Å². The molecule has 0 aliphatic rings. The topological polar surface area (TPSA) is 128 Å². The van der Waals surface area contributed by atoms with E-state index in [0.717, 1.165) is 14.6 Å². The minimum Gasteiger partial charge on any atom is -0.366 e. The van der Waals surface area contributed by atoms with Crippen molar-refractivity contribution in [3.05, 3.63) is 53.6 Å². The molecule has 132 valence electrons. The smallest absolute Gasteiger partial charge is 0.248 e. The lowest BCUT2D eigenvalue weighted by Gasteiger charge is -2.08. The van der Waals surface area contributed by atoms with Crippen molar-refractivity contribution in [3.8, 4) is 0 Å². The molecule has 7 nitrogen and oxygen atoms in total. The number of amides is 3. The fourth-order valence-corrected chi connectivity index (χ4v) is 4.09. The highest BCUT2D eigenvalue weighted by atomic mass is 32.2. The van der Waals surface area contributed by atoms with Crippen molar-refractivity contribution in [2.24, 2.45) is 11.5 Å². The average molecular weight is 386 g/mol. The van der Waals surface area contributed by atoms with E-state index in [4.69, 9.17) is 11.5 Å². The van der Waals surface area contributed by atoms with Crippen LogP contribution in [0.5, 0.6) is 0 Å². The van der Waals surface area contributed by atoms with Crippen LogP contribution in [-0.4, -0.2) is 28.5 Å². The molecule has 2 aromatic carbocycles. The van der Waals surface area contributed by atoms with Gasteiger partial charge in [-0.25, -0.2) is 4.98 Å². The molecule has 0 aliphatic carbocycles. The minimum atomic E-state index is -0.715. The molecule has 3 amide bonds. The summed E-state index contributed by atoms with van der Waals surface area (Å²) in [4.78, 5) is 39.3. The predicted molar refractivity (Wildman–Crippen MR) is 102 cm³/mol. The Kier molecular flexibility index (Phi) is 5.19. The molecule has 1 aromatic heterocycles. The Morgan fingerprint density at radius 3 is 2.31 bits per heavy atom. The van der Waals surface area contributed by atoms with Gasteiger partial charge in [0.25, 0.3) is 0 Å². The molecule has 0 fully saturated rings. The first-order valence-electron chi connectivity index (χ1n) is 7.45. The molecule has 9 heteroatoms. The lowest BCUT2D eigenvalue weighted by Crippen LogP contribution is -2.18. The third-order valence-corrected chi connectivity index (χ3v) is 5.57. The fourth-order valence-electron chi connectivity index (χ4n) is 2.22. The first-order valence-corrected chi connectivity index (χ1v) is 9.25. The van der Waals surface area contributed by atoms with Crippen molar-refractivity contribution in [1.29, 1.82) is 0 Å². The van der Waals surface area contributed by atoms with Crippen LogP contribution in [0.25, 0.3) is 10.2 Å². The van der Waals surface area contributed by atoms with Crippen LogP contribution in [0.2, 0.25) is 0 Å². The number of nitrogens with zero attached hydrogens (tertiary/aromatic N) is 1. The monoisotopic (exact) mass is 386 g/mol. The van der Waals surface area contributed by atoms with Crippen LogP contribution < -0.4 is 16.8 Å². The van der Waals surface area contributed by atoms with Gasteiger partial charge in [0.15, 0.2) is 4.34 Å². The van der Waals surface area contributed by atoms with Crippen LogP contribution in [0.15, 0.2) is 46.8 Å². The molecular formula is C17H14N4O3S2. The molecule has 3 aromatic rings. The Hall–Kier alpha value is -2.91. The molecule has 26 heavy (non-hydrogen) atoms. The highest BCUT2D eigenvalue weighted by Crippen LogP contribution is 2.29. The Morgan fingerprint density at radius 1 is 1.04 bits per heavy atom. The van der Waals surface area contributed by atoms with E-state index < -0.39 is 11.8 Å². The van der Waals surface area contributed by atoms with E-state index in [0.29, 0.717) is 0 Å². The molecule has 0 spiro atoms. The Bertz CT molecular complexity index is 951. The number of aromatic nitrogens is 1. The summed E-state index contributed by atoms with van der Waals surface area (Å²) in [6.07, 6.45) is 0. The van der Waals surface area contributed by atoms with Crippen LogP contribution in [0.3, 0.4) is 0 Å². The summed E-state index contributed by atoms with van der Waals surface area (Å²) in [5.41, 5.74) is 11.8. The van der Waals surface area contributed by atoms with Gasteiger partial charge < -0.3 is 16.8 Å². The van der Waals surface area contributed by atoms with Gasteiger partial charge >= 0.3 is 0 Å². The maximum Gasteiger partial charge on any atom is 0.248 e. The zero-order valence-electron chi connectivity index (χ0n) is 13.4. The number of carbonyl (C=O) groups excluding carboxylic acids is 3. The van der Waals surface area contributed by atoms with Crippen molar-refractivity contribution in [2.45, 2.75) is 4.34 Å². The number of hydrogen-bond acceptors (Lipinski definition) is 6. The van der Waals surface area contributed by atoms with Gasteiger partial charge in [-0.15, -0.1) is 11.3 Å². The van der Waals surface area contributed by atoms with E-state index in [-0.39, 0.29) is 28.5 Å². The zero-order chi connectivity index (χ0) is 18.7. The zero-order valence-corrected chi connectivity index (χ0v) is 15.0. The molecule has 0 atom stereocenters. The number of rotatable bonds is 6. The average Bonchev–Trinajstić information content (AvgIpc) is 3.02. The van der Waals surface area contributed by atoms with Crippen LogP contribution in [0, 0.1) is 0 Å². The van der Waals surface area contributed by atoms with E-state index in [1.54, 1.807) is 0 Å². The molecule has 0 bridgehead atoms. The van der Waals surface area contributed by atoms with Crippen molar-refractivity contribution in [3.63, 3.8) is 0 Å². The van der Waals surface area contributed by atoms with Gasteiger partial charge in [0, 0.05) is 16.8 Å². The van der Waals surface area contributed by atoms with Gasteiger partial charge in [-0.05, 0) is 30.3 Å². The van der Waals surface area contributed by atoms with Gasteiger partial charge in [0.05, 0.1) is 16.0 Å². The number of carbonyl (C=O) groups is 3. The maximum absolute atomic E-state index is 12.2. The predicted octanol–water partition coefficient (Wildman–Crippen LogP) is 2.22. The number of benzene rings is 2. The maximum atomic E-state index is 12.2. The minimum absolute atomic E-state index is 0.0930. The van der Waals surface area contributed by atoms with Crippen LogP contribution >= 0.6 is 23.1 Å². The van der Waals surface area contributed by atoms with Crippen molar-refractivity contribution < 1.29 is 14.4 Å². The summed E-state index contributed by atoms with van der Waals surface area (Å²) in [6.45, 7) is 0. The van der Waals surface area contributed by atoms with Gasteiger partial charge in [-0.1, -0.05) is 23.9 Å². The summed E-state index contributed by atoms with van der Waals surface area (Å²) >= 11 is 2.81. The Balaban J connectivity index is 1.69. The number of thiazole rings is 1. The van der Waals surface area contributed by atoms with E-state index in [1.807, 2.05) is 24.3 Å². The summed E-state index contributed by atoms with van der Waals surface area (Å²) in [6, 6.07) is 11.8. The second-order valence-electron chi connectivity index (χ2n) is 5.31. The number of thioether (sulfide) groups is 1. The van der Waals surface area contributed by atoms with Gasteiger partial charge in [-0.2, -0.15) is 0 Å². The lowest BCUT2D eigenvalue weighted by molar-refractivity contribution is -0.113. The normalized spacial score (nSPS) is 10.6. The molecule has 0 radical (unpaired) electrons. The number of nitrogens with two attached hydrogens (primary N) is 2. The van der Waals surface area contributed by atoms with E-state index in [2.05, 4.69) is 10.3 Å². The van der Waals surface area contributed by atoms with Crippen LogP contribution in [-0.2, 0) is 4.79 Å². The standard InChI is InChI=1S/C17H14N4O3S2/c18-15(23)9-5-10(16(19)24)7-11(6-9)20-14(22)8-25-17-21-12-3-1-2-4-13(12)26-17/h1-7H,8H2,(H2,18,23)(H2,19,24)(H,20,22). The van der Waals surface area contributed by atoms with Crippen LogP contribution in [0.4, 0.5) is 5.69 Å². The van der Waals surface area contributed by atoms with E-state index >= 15 is 0 Å². The molecule has 0 unspecified atom stereocenters. The lowest BCUT2D eigenvalue weighted by atomic mass is 10.1. The summed E-state index contributed by atoms with van der Waals surface area (Å²) < 4.78 is 1.83.